The number of nitrogens with zero attached hydrogens (tertiary/aromatic N) is 1. The molecule has 1 aromatic carbocycles. The second kappa shape index (κ2) is 6.34. The van der Waals surface area contributed by atoms with Crippen LogP contribution in [0.2, 0.25) is 0 Å². The molecule has 0 aliphatic carbocycles. The van der Waals surface area contributed by atoms with Crippen LogP contribution in [0.4, 0.5) is 0 Å². The zero-order valence-corrected chi connectivity index (χ0v) is 11.3. The Hall–Kier alpha value is -1.87. The second-order valence-corrected chi connectivity index (χ2v) is 4.52. The van der Waals surface area contributed by atoms with Gasteiger partial charge in [-0.1, -0.05) is 31.2 Å². The van der Waals surface area contributed by atoms with Gasteiger partial charge in [-0.05, 0) is 25.5 Å². The minimum absolute atomic E-state index is 0.649. The Bertz CT molecular complexity index is 523. The third kappa shape index (κ3) is 3.32. The van der Waals surface area contributed by atoms with Gasteiger partial charge in [-0.25, -0.2) is 0 Å². The van der Waals surface area contributed by atoms with E-state index in [2.05, 4.69) is 11.9 Å². The van der Waals surface area contributed by atoms with Crippen molar-refractivity contribution < 1.29 is 9.84 Å². The average Bonchev–Trinajstić information content (AvgIpc) is 2.45. The Balaban J connectivity index is 2.27. The Morgan fingerprint density at radius 3 is 2.68 bits per heavy atom. The highest BCUT2D eigenvalue weighted by molar-refractivity contribution is 5.39. The first-order valence-corrected chi connectivity index (χ1v) is 6.54. The SMILES string of the molecule is CCCOc1ccccc1C(O)c1ccc(C)nc1. The smallest absolute Gasteiger partial charge is 0.125 e. The van der Waals surface area contributed by atoms with E-state index in [0.717, 1.165) is 29.0 Å². The van der Waals surface area contributed by atoms with Gasteiger partial charge in [-0.15, -0.1) is 0 Å². The highest BCUT2D eigenvalue weighted by Gasteiger charge is 2.15. The number of para-hydroxylation sites is 1. The molecular formula is C16H19NO2. The van der Waals surface area contributed by atoms with Crippen molar-refractivity contribution in [3.8, 4) is 5.75 Å². The lowest BCUT2D eigenvalue weighted by atomic mass is 10.0. The highest BCUT2D eigenvalue weighted by Crippen LogP contribution is 2.29. The maximum absolute atomic E-state index is 10.4. The zero-order valence-electron chi connectivity index (χ0n) is 11.3. The molecule has 0 saturated heterocycles. The van der Waals surface area contributed by atoms with E-state index in [1.165, 1.54) is 0 Å². The number of aromatic nitrogens is 1. The van der Waals surface area contributed by atoms with Gasteiger partial charge in [0, 0.05) is 23.0 Å². The quantitative estimate of drug-likeness (QED) is 0.894. The van der Waals surface area contributed by atoms with Gasteiger partial charge in [0.2, 0.25) is 0 Å². The summed E-state index contributed by atoms with van der Waals surface area (Å²) in [6, 6.07) is 11.4. The van der Waals surface area contributed by atoms with Crippen LogP contribution in [0.1, 0.15) is 36.3 Å². The lowest BCUT2D eigenvalue weighted by Crippen LogP contribution is -2.05. The minimum Gasteiger partial charge on any atom is -0.493 e. The first-order chi connectivity index (χ1) is 9.22. The number of rotatable bonds is 5. The van der Waals surface area contributed by atoms with Crippen LogP contribution in [-0.2, 0) is 0 Å². The van der Waals surface area contributed by atoms with Crippen molar-refractivity contribution in [2.24, 2.45) is 0 Å². The molecule has 1 heterocycles. The van der Waals surface area contributed by atoms with Crippen LogP contribution >= 0.6 is 0 Å². The van der Waals surface area contributed by atoms with E-state index < -0.39 is 6.10 Å². The van der Waals surface area contributed by atoms with Gasteiger partial charge in [-0.2, -0.15) is 0 Å². The van der Waals surface area contributed by atoms with E-state index in [4.69, 9.17) is 4.74 Å². The summed E-state index contributed by atoms with van der Waals surface area (Å²) in [5.41, 5.74) is 2.49. The fourth-order valence-electron chi connectivity index (χ4n) is 1.87. The summed E-state index contributed by atoms with van der Waals surface area (Å²) in [6.45, 7) is 4.63. The Morgan fingerprint density at radius 2 is 2.00 bits per heavy atom. The van der Waals surface area contributed by atoms with Gasteiger partial charge in [0.1, 0.15) is 11.9 Å². The van der Waals surface area contributed by atoms with Crippen LogP contribution < -0.4 is 4.74 Å². The number of ether oxygens (including phenoxy) is 1. The van der Waals surface area contributed by atoms with Crippen LogP contribution in [0, 0.1) is 6.92 Å². The van der Waals surface area contributed by atoms with Crippen molar-refractivity contribution in [2.75, 3.05) is 6.61 Å². The summed E-state index contributed by atoms with van der Waals surface area (Å²) < 4.78 is 5.67. The second-order valence-electron chi connectivity index (χ2n) is 4.52. The van der Waals surface area contributed by atoms with Crippen molar-refractivity contribution in [2.45, 2.75) is 26.4 Å². The van der Waals surface area contributed by atoms with Gasteiger partial charge in [0.15, 0.2) is 0 Å². The Morgan fingerprint density at radius 1 is 1.21 bits per heavy atom. The maximum Gasteiger partial charge on any atom is 0.125 e. The van der Waals surface area contributed by atoms with Crippen LogP contribution in [0.5, 0.6) is 5.75 Å². The molecule has 0 saturated carbocycles. The average molecular weight is 257 g/mol. The molecule has 100 valence electrons. The molecular weight excluding hydrogens is 238 g/mol. The number of benzene rings is 1. The van der Waals surface area contributed by atoms with Gasteiger partial charge in [0.05, 0.1) is 6.61 Å². The molecule has 0 amide bonds. The first kappa shape index (κ1) is 13.6. The normalized spacial score (nSPS) is 12.2. The summed E-state index contributed by atoms with van der Waals surface area (Å²) in [6.07, 6.45) is 1.94. The lowest BCUT2D eigenvalue weighted by Gasteiger charge is -2.16. The standard InChI is InChI=1S/C16H19NO2/c1-3-10-19-15-7-5-4-6-14(15)16(18)13-9-8-12(2)17-11-13/h4-9,11,16,18H,3,10H2,1-2H3. The van der Waals surface area contributed by atoms with E-state index in [1.54, 1.807) is 6.20 Å². The topological polar surface area (TPSA) is 42.4 Å². The third-order valence-electron chi connectivity index (χ3n) is 2.93. The molecule has 3 nitrogen and oxygen atoms in total. The van der Waals surface area contributed by atoms with Gasteiger partial charge in [-0.3, -0.25) is 4.98 Å². The van der Waals surface area contributed by atoms with Crippen molar-refractivity contribution in [3.63, 3.8) is 0 Å². The molecule has 0 aliphatic rings. The largest absolute Gasteiger partial charge is 0.493 e. The maximum atomic E-state index is 10.4. The van der Waals surface area contributed by atoms with Crippen LogP contribution in [0.15, 0.2) is 42.6 Å². The van der Waals surface area contributed by atoms with Crippen molar-refractivity contribution in [1.29, 1.82) is 0 Å². The monoisotopic (exact) mass is 257 g/mol. The summed E-state index contributed by atoms with van der Waals surface area (Å²) in [4.78, 5) is 4.22. The summed E-state index contributed by atoms with van der Waals surface area (Å²) in [5, 5.41) is 10.4. The van der Waals surface area contributed by atoms with E-state index in [0.29, 0.717) is 6.61 Å². The van der Waals surface area contributed by atoms with E-state index >= 15 is 0 Å². The summed E-state index contributed by atoms with van der Waals surface area (Å²) in [5.74, 6) is 0.734. The molecule has 0 bridgehead atoms. The number of aliphatic hydroxyl groups excluding tert-OH is 1. The molecule has 2 rings (SSSR count). The first-order valence-electron chi connectivity index (χ1n) is 6.54. The number of aliphatic hydroxyl groups is 1. The Kier molecular flexibility index (Phi) is 4.53. The van der Waals surface area contributed by atoms with Crippen LogP contribution in [-0.4, -0.2) is 16.7 Å². The van der Waals surface area contributed by atoms with Gasteiger partial charge < -0.3 is 9.84 Å². The van der Waals surface area contributed by atoms with Crippen molar-refractivity contribution in [3.05, 3.63) is 59.4 Å². The molecule has 0 spiro atoms. The zero-order chi connectivity index (χ0) is 13.7. The fraction of sp³-hybridized carbons (Fsp3) is 0.312. The molecule has 0 fully saturated rings. The molecule has 1 unspecified atom stereocenters. The molecule has 2 aromatic rings. The molecule has 3 heteroatoms. The van der Waals surface area contributed by atoms with Crippen LogP contribution in [0.25, 0.3) is 0 Å². The van der Waals surface area contributed by atoms with E-state index in [9.17, 15) is 5.11 Å². The highest BCUT2D eigenvalue weighted by atomic mass is 16.5. The van der Waals surface area contributed by atoms with E-state index in [1.807, 2.05) is 43.3 Å². The third-order valence-corrected chi connectivity index (χ3v) is 2.93. The molecule has 0 aliphatic heterocycles. The molecule has 1 atom stereocenters. The molecule has 0 radical (unpaired) electrons. The van der Waals surface area contributed by atoms with E-state index in [-0.39, 0.29) is 0 Å². The predicted molar refractivity (Wildman–Crippen MR) is 75.3 cm³/mol. The van der Waals surface area contributed by atoms with Crippen LogP contribution in [0.3, 0.4) is 0 Å². The number of pyridine rings is 1. The molecule has 1 aromatic heterocycles. The minimum atomic E-state index is -0.707. The van der Waals surface area contributed by atoms with Crippen molar-refractivity contribution in [1.82, 2.24) is 4.98 Å². The predicted octanol–water partition coefficient (Wildman–Crippen LogP) is 3.26. The summed E-state index contributed by atoms with van der Waals surface area (Å²) in [7, 11) is 0. The number of aryl methyl sites for hydroxylation is 1. The molecule has 19 heavy (non-hydrogen) atoms. The fourth-order valence-corrected chi connectivity index (χ4v) is 1.87. The molecule has 1 N–H and O–H groups in total. The van der Waals surface area contributed by atoms with Gasteiger partial charge >= 0.3 is 0 Å². The number of hydrogen-bond donors (Lipinski definition) is 1. The number of hydrogen-bond acceptors (Lipinski definition) is 3. The lowest BCUT2D eigenvalue weighted by molar-refractivity contribution is 0.210. The van der Waals surface area contributed by atoms with Gasteiger partial charge in [0.25, 0.3) is 0 Å². The van der Waals surface area contributed by atoms with Crippen molar-refractivity contribution >= 4 is 0 Å². The Labute approximate surface area is 113 Å². The summed E-state index contributed by atoms with van der Waals surface area (Å²) >= 11 is 0.